The summed E-state index contributed by atoms with van der Waals surface area (Å²) in [5.74, 6) is 0.860. The van der Waals surface area contributed by atoms with E-state index in [1.165, 1.54) is 22.5 Å². The minimum atomic E-state index is -0.315. The van der Waals surface area contributed by atoms with Crippen LogP contribution in [0.4, 0.5) is 0 Å². The number of benzene rings is 2. The van der Waals surface area contributed by atoms with Gasteiger partial charge in [-0.15, -0.1) is 0 Å². The Morgan fingerprint density at radius 2 is 1.73 bits per heavy atom. The van der Waals surface area contributed by atoms with Crippen molar-refractivity contribution in [2.75, 3.05) is 26.9 Å². The number of amides is 1. The second-order valence-electron chi connectivity index (χ2n) is 6.88. The molecule has 0 radical (unpaired) electrons. The van der Waals surface area contributed by atoms with Crippen LogP contribution in [0.5, 0.6) is 11.5 Å². The minimum Gasteiger partial charge on any atom is -0.490 e. The fourth-order valence-electron chi connectivity index (χ4n) is 3.14. The molecule has 0 fully saturated rings. The quantitative estimate of drug-likeness (QED) is 0.530. The molecule has 3 rings (SSSR count). The summed E-state index contributed by atoms with van der Waals surface area (Å²) in [4.78, 5) is 18.1. The topological polar surface area (TPSA) is 62.0 Å². The molecule has 160 valence electrons. The molecule has 7 heteroatoms. The first-order chi connectivity index (χ1) is 14.5. The Morgan fingerprint density at radius 1 is 1.03 bits per heavy atom. The van der Waals surface area contributed by atoms with Crippen LogP contribution < -0.4 is 14.3 Å². The Bertz CT molecular complexity index is 1110. The number of ether oxygens (including phenoxy) is 3. The Hall–Kier alpha value is -2.64. The number of aromatic nitrogens is 1. The molecule has 0 atom stereocenters. The fraction of sp³-hybridized carbons (Fsp3) is 0.391. The zero-order valence-corrected chi connectivity index (χ0v) is 19.0. The van der Waals surface area contributed by atoms with Crippen LogP contribution >= 0.6 is 11.3 Å². The van der Waals surface area contributed by atoms with Gasteiger partial charge in [0.25, 0.3) is 5.91 Å². The smallest absolute Gasteiger partial charge is 0.279 e. The number of methoxy groups -OCH3 is 1. The summed E-state index contributed by atoms with van der Waals surface area (Å²) in [5.41, 5.74) is 3.95. The SMILES string of the molecule is CCOc1ccc(C(=O)N=c2sc3cc(C)c(C)cc3n2CCOC)cc1OCC. The molecule has 0 saturated heterocycles. The van der Waals surface area contributed by atoms with E-state index in [0.717, 1.165) is 10.2 Å². The van der Waals surface area contributed by atoms with E-state index in [-0.39, 0.29) is 5.91 Å². The molecule has 0 N–H and O–H groups in total. The summed E-state index contributed by atoms with van der Waals surface area (Å²) < 4.78 is 19.6. The van der Waals surface area contributed by atoms with Gasteiger partial charge in [-0.2, -0.15) is 4.99 Å². The normalized spacial score (nSPS) is 11.8. The van der Waals surface area contributed by atoms with E-state index < -0.39 is 0 Å². The molecule has 0 aliphatic heterocycles. The third kappa shape index (κ3) is 4.74. The largest absolute Gasteiger partial charge is 0.490 e. The third-order valence-electron chi connectivity index (χ3n) is 4.80. The van der Waals surface area contributed by atoms with E-state index in [1.54, 1.807) is 25.3 Å². The summed E-state index contributed by atoms with van der Waals surface area (Å²) in [7, 11) is 1.67. The van der Waals surface area contributed by atoms with E-state index in [2.05, 4.69) is 31.0 Å². The summed E-state index contributed by atoms with van der Waals surface area (Å²) in [6, 6.07) is 9.46. The second kappa shape index (κ2) is 9.91. The van der Waals surface area contributed by atoms with Crippen molar-refractivity contribution in [3.63, 3.8) is 0 Å². The van der Waals surface area contributed by atoms with Crippen molar-refractivity contribution in [2.24, 2.45) is 4.99 Å². The summed E-state index contributed by atoms with van der Waals surface area (Å²) in [5, 5.41) is 0. The van der Waals surface area contributed by atoms with Gasteiger partial charge in [-0.3, -0.25) is 4.79 Å². The van der Waals surface area contributed by atoms with Crippen LogP contribution in [-0.2, 0) is 11.3 Å². The highest BCUT2D eigenvalue weighted by Gasteiger charge is 2.13. The van der Waals surface area contributed by atoms with Crippen molar-refractivity contribution in [3.8, 4) is 11.5 Å². The molecule has 0 saturated carbocycles. The van der Waals surface area contributed by atoms with E-state index >= 15 is 0 Å². The van der Waals surface area contributed by atoms with Gasteiger partial charge in [-0.25, -0.2) is 0 Å². The maximum absolute atomic E-state index is 13.0. The highest BCUT2D eigenvalue weighted by molar-refractivity contribution is 7.16. The monoisotopic (exact) mass is 428 g/mol. The van der Waals surface area contributed by atoms with E-state index in [9.17, 15) is 4.79 Å². The van der Waals surface area contributed by atoms with Gasteiger partial charge in [-0.1, -0.05) is 11.3 Å². The lowest BCUT2D eigenvalue weighted by molar-refractivity contribution is 0.0997. The average Bonchev–Trinajstić information content (AvgIpc) is 3.04. The summed E-state index contributed by atoms with van der Waals surface area (Å²) >= 11 is 1.51. The van der Waals surface area contributed by atoms with Crippen LogP contribution in [0.3, 0.4) is 0 Å². The van der Waals surface area contributed by atoms with Crippen LogP contribution in [0.15, 0.2) is 35.3 Å². The standard InChI is InChI=1S/C23H28N2O4S/c1-6-28-19-9-8-17(14-20(19)29-7-2)22(26)24-23-25(10-11-27-5)18-12-15(3)16(4)13-21(18)30-23/h8-9,12-14H,6-7,10-11H2,1-5H3. The van der Waals surface area contributed by atoms with Crippen LogP contribution in [0.2, 0.25) is 0 Å². The number of hydrogen-bond donors (Lipinski definition) is 0. The number of thiazole rings is 1. The highest BCUT2D eigenvalue weighted by Crippen LogP contribution is 2.29. The first-order valence-corrected chi connectivity index (χ1v) is 10.9. The fourth-order valence-corrected chi connectivity index (χ4v) is 4.28. The predicted molar refractivity (Wildman–Crippen MR) is 120 cm³/mol. The maximum atomic E-state index is 13.0. The van der Waals surface area contributed by atoms with Gasteiger partial charge in [0.1, 0.15) is 0 Å². The first-order valence-electron chi connectivity index (χ1n) is 10.1. The van der Waals surface area contributed by atoms with Gasteiger partial charge in [-0.05, 0) is 69.2 Å². The van der Waals surface area contributed by atoms with Crippen molar-refractivity contribution in [1.29, 1.82) is 0 Å². The average molecular weight is 429 g/mol. The molecule has 30 heavy (non-hydrogen) atoms. The molecular formula is C23H28N2O4S. The van der Waals surface area contributed by atoms with Crippen LogP contribution in [-0.4, -0.2) is 37.4 Å². The van der Waals surface area contributed by atoms with Gasteiger partial charge in [0.05, 0.1) is 30.0 Å². The summed E-state index contributed by atoms with van der Waals surface area (Å²) in [6.45, 7) is 10.2. The Morgan fingerprint density at radius 3 is 2.43 bits per heavy atom. The van der Waals surface area contributed by atoms with Gasteiger partial charge in [0, 0.05) is 19.2 Å². The number of carbonyl (C=O) groups excluding carboxylic acids is 1. The molecule has 0 aliphatic carbocycles. The molecule has 1 amide bonds. The molecule has 6 nitrogen and oxygen atoms in total. The lowest BCUT2D eigenvalue weighted by Gasteiger charge is -2.11. The van der Waals surface area contributed by atoms with Gasteiger partial charge >= 0.3 is 0 Å². The minimum absolute atomic E-state index is 0.315. The molecule has 0 aliphatic rings. The summed E-state index contributed by atoms with van der Waals surface area (Å²) in [6.07, 6.45) is 0. The van der Waals surface area contributed by atoms with Crippen molar-refractivity contribution < 1.29 is 19.0 Å². The number of carbonyl (C=O) groups is 1. The molecule has 2 aromatic carbocycles. The highest BCUT2D eigenvalue weighted by atomic mass is 32.1. The number of rotatable bonds is 8. The van der Waals surface area contributed by atoms with Gasteiger partial charge in [0.15, 0.2) is 16.3 Å². The zero-order chi connectivity index (χ0) is 21.7. The van der Waals surface area contributed by atoms with Crippen molar-refractivity contribution in [3.05, 3.63) is 51.8 Å². The lowest BCUT2D eigenvalue weighted by atomic mass is 10.1. The first kappa shape index (κ1) is 22.1. The van der Waals surface area contributed by atoms with Crippen molar-refractivity contribution in [1.82, 2.24) is 4.57 Å². The maximum Gasteiger partial charge on any atom is 0.279 e. The molecule has 0 unspecified atom stereocenters. The number of hydrogen-bond acceptors (Lipinski definition) is 5. The molecule has 3 aromatic rings. The van der Waals surface area contributed by atoms with Crippen LogP contribution in [0.25, 0.3) is 10.2 Å². The van der Waals surface area contributed by atoms with Crippen molar-refractivity contribution >= 4 is 27.5 Å². The molecule has 1 heterocycles. The van der Waals surface area contributed by atoms with E-state index in [4.69, 9.17) is 14.2 Å². The zero-order valence-electron chi connectivity index (χ0n) is 18.2. The number of aryl methyl sites for hydroxylation is 2. The van der Waals surface area contributed by atoms with E-state index in [1.807, 2.05) is 18.4 Å². The third-order valence-corrected chi connectivity index (χ3v) is 5.85. The number of nitrogens with zero attached hydrogens (tertiary/aromatic N) is 2. The van der Waals surface area contributed by atoms with Gasteiger partial charge < -0.3 is 18.8 Å². The number of fused-ring (bicyclic) bond motifs is 1. The Labute approximate surface area is 180 Å². The van der Waals surface area contributed by atoms with Crippen molar-refractivity contribution in [2.45, 2.75) is 34.2 Å². The van der Waals surface area contributed by atoms with Crippen LogP contribution in [0, 0.1) is 13.8 Å². The predicted octanol–water partition coefficient (Wildman–Crippen LogP) is 4.50. The molecule has 0 spiro atoms. The lowest BCUT2D eigenvalue weighted by Crippen LogP contribution is -2.19. The molecule has 0 bridgehead atoms. The molecular weight excluding hydrogens is 400 g/mol. The van der Waals surface area contributed by atoms with Gasteiger partial charge in [0.2, 0.25) is 0 Å². The second-order valence-corrected chi connectivity index (χ2v) is 7.89. The molecule has 1 aromatic heterocycles. The van der Waals surface area contributed by atoms with E-state index in [0.29, 0.717) is 48.2 Å². The Balaban J connectivity index is 2.07. The Kier molecular flexibility index (Phi) is 7.29. The van der Waals surface area contributed by atoms with Crippen LogP contribution in [0.1, 0.15) is 35.3 Å².